The summed E-state index contributed by atoms with van der Waals surface area (Å²) in [5.41, 5.74) is 5.12. The number of carbonyl (C=O) groups excluding carboxylic acids is 1. The molecule has 0 aliphatic heterocycles. The number of rotatable bonds is 5. The minimum atomic E-state index is -1.23. The molecule has 5 nitrogen and oxygen atoms in total. The molecule has 2 unspecified atom stereocenters. The number of alkyl halides is 2. The lowest BCUT2D eigenvalue weighted by Crippen LogP contribution is -2.31. The molecule has 0 amide bonds. The Labute approximate surface area is 88.3 Å². The molecule has 0 saturated carbocycles. The number of carboxylic acid groups (broad SMARTS) is 1. The van der Waals surface area contributed by atoms with E-state index in [-0.39, 0.29) is 13.0 Å². The Bertz CT molecular complexity index is 199. The number of nitrogens with two attached hydrogens (primary N) is 1. The number of hydrogen-bond donors (Lipinski definition) is 2. The zero-order valence-corrected chi connectivity index (χ0v) is 8.92. The molecule has 2 atom stereocenters. The topological polar surface area (TPSA) is 89.6 Å². The van der Waals surface area contributed by atoms with Crippen molar-refractivity contribution in [3.63, 3.8) is 0 Å². The molecule has 0 aromatic carbocycles. The number of ether oxygens (including phenoxy) is 1. The molecule has 0 fully saturated rings. The third-order valence-electron chi connectivity index (χ3n) is 1.14. The lowest BCUT2D eigenvalue weighted by molar-refractivity contribution is -0.162. The van der Waals surface area contributed by atoms with Crippen LogP contribution in [0.5, 0.6) is 0 Å². The second-order valence-electron chi connectivity index (χ2n) is 2.14. The fourth-order valence-electron chi connectivity index (χ4n) is 0.576. The predicted molar refractivity (Wildman–Crippen MR) is 49.8 cm³/mol. The summed E-state index contributed by atoms with van der Waals surface area (Å²) < 4.78 is 3.48. The van der Waals surface area contributed by atoms with Crippen LogP contribution in [0.1, 0.15) is 6.42 Å². The molecule has 0 aromatic heterocycles. The van der Waals surface area contributed by atoms with Crippen molar-refractivity contribution in [1.82, 2.24) is 0 Å². The molecule has 0 rings (SSSR count). The van der Waals surface area contributed by atoms with Gasteiger partial charge in [0.25, 0.3) is 0 Å². The summed E-state index contributed by atoms with van der Waals surface area (Å²) in [6, 6.07) is 0. The number of carboxylic acids is 1. The Morgan fingerprint density at radius 2 is 2.15 bits per heavy atom. The van der Waals surface area contributed by atoms with Crippen molar-refractivity contribution < 1.29 is 19.4 Å². The molecular weight excluding hydrogens is 265 g/mol. The van der Waals surface area contributed by atoms with E-state index in [0.717, 1.165) is 0 Å². The van der Waals surface area contributed by atoms with Gasteiger partial charge in [-0.05, 0) is 6.54 Å². The lowest BCUT2D eigenvalue weighted by atomic mass is 10.2. The smallest absolute Gasteiger partial charge is 0.345 e. The van der Waals surface area contributed by atoms with E-state index >= 15 is 0 Å². The van der Waals surface area contributed by atoms with Crippen LogP contribution in [0.15, 0.2) is 0 Å². The van der Waals surface area contributed by atoms with Crippen molar-refractivity contribution in [3.8, 4) is 0 Å². The fraction of sp³-hybridized carbons (Fsp3) is 0.667. The van der Waals surface area contributed by atoms with Gasteiger partial charge in [-0.1, -0.05) is 27.5 Å². The highest BCUT2D eigenvalue weighted by atomic mass is 79.9. The normalized spacial score (nSPS) is 14.7. The number of hydrogen-bond acceptors (Lipinski definition) is 4. The van der Waals surface area contributed by atoms with Gasteiger partial charge in [0, 0.05) is 6.42 Å². The molecule has 0 aliphatic rings. The summed E-state index contributed by atoms with van der Waals surface area (Å²) >= 11 is 8.03. The molecule has 0 aromatic rings. The molecule has 0 spiro atoms. The van der Waals surface area contributed by atoms with Crippen molar-refractivity contribution in [1.29, 1.82) is 0 Å². The highest BCUT2D eigenvalue weighted by molar-refractivity contribution is 9.10. The predicted octanol–water partition coefficient (Wildman–Crippen LogP) is 0.291. The van der Waals surface area contributed by atoms with Crippen LogP contribution < -0.4 is 5.73 Å². The van der Waals surface area contributed by atoms with Gasteiger partial charge in [-0.25, -0.2) is 9.59 Å². The second-order valence-corrected chi connectivity index (χ2v) is 4.02. The summed E-state index contributed by atoms with van der Waals surface area (Å²) in [6.45, 7) is 0.124. The van der Waals surface area contributed by atoms with Gasteiger partial charge in [0.1, 0.15) is 0 Å². The first kappa shape index (κ1) is 12.7. The largest absolute Gasteiger partial charge is 0.479 e. The number of esters is 1. The molecule has 3 N–H and O–H groups in total. The molecule has 13 heavy (non-hydrogen) atoms. The minimum absolute atomic E-state index is 0.0671. The van der Waals surface area contributed by atoms with Gasteiger partial charge in [-0.15, -0.1) is 0 Å². The van der Waals surface area contributed by atoms with Gasteiger partial charge in [0.2, 0.25) is 0 Å². The standard InChI is InChI=1S/C6H9BrClNO4/c7-4(8)6(12)13-3(1-2-9)5(10)11/h3-4H,1-2,9H2,(H,10,11). The van der Waals surface area contributed by atoms with Crippen LogP contribution in [0, 0.1) is 0 Å². The first-order chi connectivity index (χ1) is 5.99. The molecule has 7 heteroatoms. The molecule has 76 valence electrons. The lowest BCUT2D eigenvalue weighted by Gasteiger charge is -2.12. The quantitative estimate of drug-likeness (QED) is 0.555. The van der Waals surface area contributed by atoms with Gasteiger partial charge in [0.15, 0.2) is 10.4 Å². The van der Waals surface area contributed by atoms with Crippen LogP contribution in [-0.4, -0.2) is 34.0 Å². The van der Waals surface area contributed by atoms with E-state index < -0.39 is 22.3 Å². The molecule has 0 radical (unpaired) electrons. The van der Waals surface area contributed by atoms with E-state index in [1.54, 1.807) is 0 Å². The van der Waals surface area contributed by atoms with Gasteiger partial charge >= 0.3 is 11.9 Å². The van der Waals surface area contributed by atoms with Crippen LogP contribution in [-0.2, 0) is 14.3 Å². The van der Waals surface area contributed by atoms with E-state index in [1.807, 2.05) is 0 Å². The Hall–Kier alpha value is -0.330. The fourth-order valence-corrected chi connectivity index (χ4v) is 0.735. The maximum absolute atomic E-state index is 10.8. The van der Waals surface area contributed by atoms with Crippen LogP contribution >= 0.6 is 27.5 Å². The van der Waals surface area contributed by atoms with Gasteiger partial charge < -0.3 is 15.6 Å². The van der Waals surface area contributed by atoms with Crippen molar-refractivity contribution in [2.45, 2.75) is 16.8 Å². The van der Waals surface area contributed by atoms with Gasteiger partial charge in [-0.3, -0.25) is 0 Å². The number of carbonyl (C=O) groups is 2. The van der Waals surface area contributed by atoms with Crippen LogP contribution in [0.4, 0.5) is 0 Å². The molecule has 0 bridgehead atoms. The van der Waals surface area contributed by atoms with Crippen LogP contribution in [0.25, 0.3) is 0 Å². The summed E-state index contributed by atoms with van der Waals surface area (Å²) in [7, 11) is 0. The first-order valence-electron chi connectivity index (χ1n) is 3.40. The van der Waals surface area contributed by atoms with E-state index in [2.05, 4.69) is 20.7 Å². The molecular formula is C6H9BrClNO4. The number of halogens is 2. The van der Waals surface area contributed by atoms with Crippen LogP contribution in [0.2, 0.25) is 0 Å². The van der Waals surface area contributed by atoms with E-state index in [0.29, 0.717) is 0 Å². The van der Waals surface area contributed by atoms with E-state index in [1.165, 1.54) is 0 Å². The number of aliphatic carboxylic acids is 1. The van der Waals surface area contributed by atoms with Crippen molar-refractivity contribution in [2.75, 3.05) is 6.54 Å². The Morgan fingerprint density at radius 1 is 1.62 bits per heavy atom. The maximum Gasteiger partial charge on any atom is 0.345 e. The monoisotopic (exact) mass is 273 g/mol. The van der Waals surface area contributed by atoms with E-state index in [9.17, 15) is 9.59 Å². The summed E-state index contributed by atoms with van der Waals surface area (Å²) in [4.78, 5) is 21.3. The molecule has 0 saturated heterocycles. The molecule has 0 heterocycles. The van der Waals surface area contributed by atoms with Crippen LogP contribution in [0.3, 0.4) is 0 Å². The summed E-state index contributed by atoms with van der Waals surface area (Å²) in [5, 5.41) is 8.54. The Morgan fingerprint density at radius 3 is 2.46 bits per heavy atom. The van der Waals surface area contributed by atoms with E-state index in [4.69, 9.17) is 22.4 Å². The highest BCUT2D eigenvalue weighted by Gasteiger charge is 2.24. The summed E-state index contributed by atoms with van der Waals surface area (Å²) in [6.07, 6.45) is -1.16. The Balaban J connectivity index is 4.10. The summed E-state index contributed by atoms with van der Waals surface area (Å²) in [5.74, 6) is -2.06. The van der Waals surface area contributed by atoms with Gasteiger partial charge in [0.05, 0.1) is 0 Å². The minimum Gasteiger partial charge on any atom is -0.479 e. The third kappa shape index (κ3) is 5.07. The van der Waals surface area contributed by atoms with Gasteiger partial charge in [-0.2, -0.15) is 0 Å². The van der Waals surface area contributed by atoms with Crippen molar-refractivity contribution in [2.24, 2.45) is 5.73 Å². The third-order valence-corrected chi connectivity index (χ3v) is 1.69. The average Bonchev–Trinajstić information content (AvgIpc) is 2.03. The zero-order valence-electron chi connectivity index (χ0n) is 6.57. The second kappa shape index (κ2) is 6.17. The Kier molecular flexibility index (Phi) is 6.02. The van der Waals surface area contributed by atoms with Crippen molar-refractivity contribution in [3.05, 3.63) is 0 Å². The SMILES string of the molecule is NCCC(OC(=O)C(Cl)Br)C(=O)O. The highest BCUT2D eigenvalue weighted by Crippen LogP contribution is 2.09. The molecule has 0 aliphatic carbocycles. The zero-order chi connectivity index (χ0) is 10.4. The maximum atomic E-state index is 10.8. The van der Waals surface area contributed by atoms with Crippen molar-refractivity contribution >= 4 is 39.5 Å². The first-order valence-corrected chi connectivity index (χ1v) is 4.75. The average molecular weight is 274 g/mol.